The van der Waals surface area contributed by atoms with E-state index < -0.39 is 0 Å². The van der Waals surface area contributed by atoms with Gasteiger partial charge in [0.05, 0.1) is 23.9 Å². The molecule has 0 aliphatic carbocycles. The van der Waals surface area contributed by atoms with Gasteiger partial charge in [-0.25, -0.2) is 0 Å². The second kappa shape index (κ2) is 6.89. The quantitative estimate of drug-likeness (QED) is 0.506. The number of amidine groups is 1. The van der Waals surface area contributed by atoms with Crippen LogP contribution in [0.25, 0.3) is 0 Å². The van der Waals surface area contributed by atoms with Gasteiger partial charge in [-0.2, -0.15) is 10.4 Å². The van der Waals surface area contributed by atoms with Gasteiger partial charge in [-0.05, 0) is 12.1 Å². The fourth-order valence-corrected chi connectivity index (χ4v) is 1.91. The van der Waals surface area contributed by atoms with Gasteiger partial charge in [0.1, 0.15) is 6.07 Å². The molecule has 0 unspecified atom stereocenters. The zero-order valence-electron chi connectivity index (χ0n) is 10.8. The van der Waals surface area contributed by atoms with Gasteiger partial charge in [0, 0.05) is 13.1 Å². The van der Waals surface area contributed by atoms with Crippen molar-refractivity contribution in [3.05, 3.63) is 29.3 Å². The predicted molar refractivity (Wildman–Crippen MR) is 78.2 cm³/mol. The van der Waals surface area contributed by atoms with Gasteiger partial charge in [0.2, 0.25) is 5.71 Å². The molecule has 2 N–H and O–H groups in total. The van der Waals surface area contributed by atoms with Crippen molar-refractivity contribution >= 4 is 28.8 Å². The Labute approximate surface area is 122 Å². The topological polar surface area (TPSA) is 84.5 Å². The first-order chi connectivity index (χ1) is 9.72. The van der Waals surface area contributed by atoms with Crippen molar-refractivity contribution in [3.63, 3.8) is 0 Å². The molecule has 0 spiro atoms. The molecule has 1 saturated heterocycles. The molecule has 1 aromatic carbocycles. The lowest BCUT2D eigenvalue weighted by Crippen LogP contribution is -2.43. The maximum Gasteiger partial charge on any atom is 0.202 e. The number of halogens is 1. The van der Waals surface area contributed by atoms with Crippen LogP contribution in [0, 0.1) is 16.7 Å². The number of rotatable bonds is 3. The number of nitriles is 1. The van der Waals surface area contributed by atoms with Gasteiger partial charge in [-0.15, -0.1) is 0 Å². The van der Waals surface area contributed by atoms with Gasteiger partial charge in [0.25, 0.3) is 0 Å². The summed E-state index contributed by atoms with van der Waals surface area (Å²) < 4.78 is 5.21. The summed E-state index contributed by atoms with van der Waals surface area (Å²) in [6.45, 7) is 2.29. The highest BCUT2D eigenvalue weighted by atomic mass is 35.5. The van der Waals surface area contributed by atoms with Crippen molar-refractivity contribution in [1.29, 1.82) is 10.7 Å². The number of benzene rings is 1. The molecule has 0 amide bonds. The minimum Gasteiger partial charge on any atom is -0.378 e. The van der Waals surface area contributed by atoms with Crippen molar-refractivity contribution in [2.75, 3.05) is 31.7 Å². The molecule has 0 aromatic heterocycles. The first-order valence-electron chi connectivity index (χ1n) is 6.12. The average molecular weight is 292 g/mol. The van der Waals surface area contributed by atoms with E-state index in [-0.39, 0.29) is 11.5 Å². The van der Waals surface area contributed by atoms with Crippen molar-refractivity contribution in [1.82, 2.24) is 4.90 Å². The molecular formula is C13H14ClN5O. The molecule has 7 heteroatoms. The van der Waals surface area contributed by atoms with Crippen LogP contribution in [-0.2, 0) is 4.74 Å². The SMILES string of the molecule is N#C/C(=N\Nc1ccccc1Cl)C(=N)N1CCOCC1. The highest BCUT2D eigenvalue weighted by Crippen LogP contribution is 2.20. The van der Waals surface area contributed by atoms with E-state index in [2.05, 4.69) is 10.5 Å². The zero-order valence-corrected chi connectivity index (χ0v) is 11.5. The summed E-state index contributed by atoms with van der Waals surface area (Å²) in [4.78, 5) is 1.76. The second-order valence-corrected chi connectivity index (χ2v) is 4.52. The van der Waals surface area contributed by atoms with Crippen LogP contribution in [0.2, 0.25) is 5.02 Å². The summed E-state index contributed by atoms with van der Waals surface area (Å²) in [6, 6.07) is 9.01. The average Bonchev–Trinajstić information content (AvgIpc) is 2.50. The lowest BCUT2D eigenvalue weighted by atomic mass is 10.3. The third-order valence-corrected chi connectivity index (χ3v) is 3.15. The van der Waals surface area contributed by atoms with E-state index >= 15 is 0 Å². The number of ether oxygens (including phenoxy) is 1. The van der Waals surface area contributed by atoms with E-state index in [9.17, 15) is 0 Å². The number of hydrazone groups is 1. The minimum atomic E-state index is 0.0202. The lowest BCUT2D eigenvalue weighted by molar-refractivity contribution is 0.0686. The summed E-state index contributed by atoms with van der Waals surface area (Å²) in [6.07, 6.45) is 0. The molecule has 20 heavy (non-hydrogen) atoms. The Balaban J connectivity index is 2.08. The minimum absolute atomic E-state index is 0.0202. The highest BCUT2D eigenvalue weighted by Gasteiger charge is 2.18. The Kier molecular flexibility index (Phi) is 4.93. The van der Waals surface area contributed by atoms with Crippen molar-refractivity contribution < 1.29 is 4.74 Å². The standard InChI is InChI=1S/C13H14ClN5O/c14-10-3-1-2-4-11(10)17-18-12(9-15)13(16)19-5-7-20-8-6-19/h1-4,16-17H,5-8H2/b16-13?,18-12+. The molecule has 2 rings (SSSR count). The molecule has 1 aromatic rings. The van der Waals surface area contributed by atoms with Gasteiger partial charge in [-0.1, -0.05) is 23.7 Å². The second-order valence-electron chi connectivity index (χ2n) is 4.11. The van der Waals surface area contributed by atoms with E-state index in [0.29, 0.717) is 37.0 Å². The number of anilines is 1. The lowest BCUT2D eigenvalue weighted by Gasteiger charge is -2.28. The number of para-hydroxylation sites is 1. The van der Waals surface area contributed by atoms with Gasteiger partial charge in [-0.3, -0.25) is 10.8 Å². The Morgan fingerprint density at radius 3 is 2.75 bits per heavy atom. The molecule has 1 fully saturated rings. The summed E-state index contributed by atoms with van der Waals surface area (Å²) >= 11 is 5.98. The predicted octanol–water partition coefficient (Wildman–Crippen LogP) is 1.94. The molecule has 1 aliphatic rings. The van der Waals surface area contributed by atoms with E-state index in [1.807, 2.05) is 12.1 Å². The maximum absolute atomic E-state index is 9.12. The number of hydrogen-bond acceptors (Lipinski definition) is 5. The van der Waals surface area contributed by atoms with Crippen molar-refractivity contribution in [2.24, 2.45) is 5.10 Å². The van der Waals surface area contributed by atoms with Crippen LogP contribution in [0.5, 0.6) is 0 Å². The Morgan fingerprint density at radius 2 is 2.10 bits per heavy atom. The van der Waals surface area contributed by atoms with Crippen LogP contribution in [0.3, 0.4) is 0 Å². The Bertz CT molecular complexity index is 560. The molecule has 1 heterocycles. The van der Waals surface area contributed by atoms with E-state index in [1.165, 1.54) is 0 Å². The fraction of sp³-hybridized carbons (Fsp3) is 0.308. The zero-order chi connectivity index (χ0) is 14.4. The summed E-state index contributed by atoms with van der Waals surface area (Å²) in [5.74, 6) is 0.0929. The van der Waals surface area contributed by atoms with E-state index in [0.717, 1.165) is 0 Å². The van der Waals surface area contributed by atoms with Crippen LogP contribution in [0.1, 0.15) is 0 Å². The van der Waals surface area contributed by atoms with Gasteiger partial charge < -0.3 is 9.64 Å². The third-order valence-electron chi connectivity index (χ3n) is 2.82. The normalized spacial score (nSPS) is 15.6. The number of nitrogens with one attached hydrogen (secondary N) is 2. The highest BCUT2D eigenvalue weighted by molar-refractivity contribution is 6.46. The number of nitrogens with zero attached hydrogens (tertiary/aromatic N) is 3. The van der Waals surface area contributed by atoms with Crippen LogP contribution in [0.4, 0.5) is 5.69 Å². The maximum atomic E-state index is 9.12. The molecule has 6 nitrogen and oxygen atoms in total. The number of hydrogen-bond donors (Lipinski definition) is 2. The first-order valence-corrected chi connectivity index (χ1v) is 6.50. The smallest absolute Gasteiger partial charge is 0.202 e. The van der Waals surface area contributed by atoms with Crippen molar-refractivity contribution in [2.45, 2.75) is 0 Å². The molecule has 0 saturated carbocycles. The molecule has 0 bridgehead atoms. The van der Waals surface area contributed by atoms with Gasteiger partial charge in [0.15, 0.2) is 5.84 Å². The third kappa shape index (κ3) is 3.47. The Hall–Kier alpha value is -2.10. The van der Waals surface area contributed by atoms with Crippen molar-refractivity contribution in [3.8, 4) is 6.07 Å². The van der Waals surface area contributed by atoms with E-state index in [4.69, 9.17) is 27.0 Å². The van der Waals surface area contributed by atoms with Gasteiger partial charge >= 0.3 is 0 Å². The van der Waals surface area contributed by atoms with Crippen LogP contribution >= 0.6 is 11.6 Å². The molecule has 104 valence electrons. The number of morpholine rings is 1. The molecule has 0 radical (unpaired) electrons. The fourth-order valence-electron chi connectivity index (χ4n) is 1.74. The van der Waals surface area contributed by atoms with Crippen LogP contribution in [0.15, 0.2) is 29.4 Å². The monoisotopic (exact) mass is 291 g/mol. The summed E-state index contributed by atoms with van der Waals surface area (Å²) in [5, 5.41) is 21.6. The molecule has 1 aliphatic heterocycles. The van der Waals surface area contributed by atoms with Crippen LogP contribution in [-0.4, -0.2) is 42.8 Å². The summed E-state index contributed by atoms with van der Waals surface area (Å²) in [7, 11) is 0. The first kappa shape index (κ1) is 14.3. The van der Waals surface area contributed by atoms with E-state index in [1.54, 1.807) is 23.1 Å². The molecular weight excluding hydrogens is 278 g/mol. The Morgan fingerprint density at radius 1 is 1.40 bits per heavy atom. The molecule has 0 atom stereocenters. The summed E-state index contributed by atoms with van der Waals surface area (Å²) in [5.41, 5.74) is 3.33. The van der Waals surface area contributed by atoms with Crippen LogP contribution < -0.4 is 5.43 Å². The largest absolute Gasteiger partial charge is 0.378 e.